The second-order valence-corrected chi connectivity index (χ2v) is 7.64. The van der Waals surface area contributed by atoms with Crippen LogP contribution in [0.25, 0.3) is 5.78 Å². The van der Waals surface area contributed by atoms with Crippen LogP contribution in [-0.4, -0.2) is 49.9 Å². The van der Waals surface area contributed by atoms with Gasteiger partial charge in [-0.25, -0.2) is 9.50 Å². The molecular weight excluding hydrogens is 366 g/mol. The molecule has 0 aromatic carbocycles. The van der Waals surface area contributed by atoms with Gasteiger partial charge in [0.2, 0.25) is 5.16 Å². The molecule has 146 valence electrons. The number of nitrogens with one attached hydrogen (secondary N) is 1. The van der Waals surface area contributed by atoms with Gasteiger partial charge in [-0.1, -0.05) is 24.6 Å². The largest absolute Gasteiger partial charge is 0.452 e. The van der Waals surface area contributed by atoms with Crippen LogP contribution in [0, 0.1) is 13.8 Å². The van der Waals surface area contributed by atoms with Crippen LogP contribution in [-0.2, 0) is 20.7 Å². The number of carbonyl (C=O) groups excluding carboxylic acids is 2. The minimum atomic E-state index is -0.815. The zero-order chi connectivity index (χ0) is 19.6. The number of amides is 1. The average molecular weight is 391 g/mol. The number of ether oxygens (including phenoxy) is 1. The molecule has 1 aliphatic carbocycles. The number of thioether (sulfide) groups is 1. The molecule has 2 aromatic rings. The smallest absolute Gasteiger partial charge is 0.311 e. The van der Waals surface area contributed by atoms with Crippen molar-refractivity contribution in [1.29, 1.82) is 0 Å². The van der Waals surface area contributed by atoms with Crippen LogP contribution in [0.5, 0.6) is 0 Å². The number of hydrogen-bond acceptors (Lipinski definition) is 7. The van der Waals surface area contributed by atoms with Gasteiger partial charge in [0.25, 0.3) is 11.7 Å². The Morgan fingerprint density at radius 3 is 2.67 bits per heavy atom. The molecule has 0 aliphatic heterocycles. The van der Waals surface area contributed by atoms with Crippen molar-refractivity contribution in [2.45, 2.75) is 70.2 Å². The molecule has 1 N–H and O–H groups in total. The number of rotatable bonds is 6. The number of esters is 1. The minimum Gasteiger partial charge on any atom is -0.452 e. The molecule has 0 radical (unpaired) electrons. The van der Waals surface area contributed by atoms with E-state index in [0.29, 0.717) is 16.6 Å². The monoisotopic (exact) mass is 391 g/mol. The molecule has 1 amide bonds. The molecule has 1 atom stereocenters. The van der Waals surface area contributed by atoms with E-state index in [1.165, 1.54) is 11.8 Å². The Kier molecular flexibility index (Phi) is 5.98. The maximum Gasteiger partial charge on any atom is 0.311 e. The van der Waals surface area contributed by atoms with Gasteiger partial charge < -0.3 is 10.1 Å². The van der Waals surface area contributed by atoms with E-state index in [1.54, 1.807) is 11.4 Å². The summed E-state index contributed by atoms with van der Waals surface area (Å²) in [6.07, 6.45) is 5.37. The summed E-state index contributed by atoms with van der Waals surface area (Å²) < 4.78 is 6.98. The lowest BCUT2D eigenvalue weighted by Crippen LogP contribution is -2.41. The molecule has 9 heteroatoms. The topological polar surface area (TPSA) is 98.5 Å². The van der Waals surface area contributed by atoms with E-state index in [4.69, 9.17) is 4.74 Å². The van der Waals surface area contributed by atoms with E-state index >= 15 is 0 Å². The Hall–Kier alpha value is -2.16. The summed E-state index contributed by atoms with van der Waals surface area (Å²) in [6, 6.07) is 0.202. The fourth-order valence-electron chi connectivity index (χ4n) is 3.36. The SMILES string of the molecule is CSc1nc2nc(C)c(CC(=O)O[C@H](C)C(=O)NC3CCCC3)c(C)n2n1. The molecule has 2 aromatic heterocycles. The fraction of sp³-hybridized carbons (Fsp3) is 0.611. The molecule has 27 heavy (non-hydrogen) atoms. The number of aromatic nitrogens is 4. The van der Waals surface area contributed by atoms with E-state index in [0.717, 1.165) is 36.9 Å². The van der Waals surface area contributed by atoms with Crippen LogP contribution in [0.3, 0.4) is 0 Å². The van der Waals surface area contributed by atoms with Crippen LogP contribution in [0.2, 0.25) is 0 Å². The first-order valence-electron chi connectivity index (χ1n) is 9.15. The summed E-state index contributed by atoms with van der Waals surface area (Å²) in [6.45, 7) is 5.31. The zero-order valence-electron chi connectivity index (χ0n) is 16.1. The first-order chi connectivity index (χ1) is 12.9. The molecule has 0 spiro atoms. The molecule has 0 saturated heterocycles. The Balaban J connectivity index is 1.67. The third-order valence-corrected chi connectivity index (χ3v) is 5.45. The van der Waals surface area contributed by atoms with Crippen molar-refractivity contribution in [1.82, 2.24) is 24.9 Å². The molecule has 1 fully saturated rings. The Labute approximate surface area is 162 Å². The molecule has 0 unspecified atom stereocenters. The van der Waals surface area contributed by atoms with Crippen molar-refractivity contribution >= 4 is 29.4 Å². The molecule has 8 nitrogen and oxygen atoms in total. The second-order valence-electron chi connectivity index (χ2n) is 6.87. The molecule has 3 rings (SSSR count). The minimum absolute atomic E-state index is 0.0378. The van der Waals surface area contributed by atoms with Gasteiger partial charge in [-0.05, 0) is 39.9 Å². The summed E-state index contributed by atoms with van der Waals surface area (Å²) in [5.41, 5.74) is 2.25. The molecule has 0 bridgehead atoms. The quantitative estimate of drug-likeness (QED) is 0.594. The number of nitrogens with zero attached hydrogens (tertiary/aromatic N) is 4. The van der Waals surface area contributed by atoms with Gasteiger partial charge in [0.15, 0.2) is 6.10 Å². The lowest BCUT2D eigenvalue weighted by atomic mass is 10.1. The summed E-state index contributed by atoms with van der Waals surface area (Å²) in [7, 11) is 0. The summed E-state index contributed by atoms with van der Waals surface area (Å²) in [5.74, 6) is -0.185. The van der Waals surface area contributed by atoms with Gasteiger partial charge in [0.05, 0.1) is 6.42 Å². The van der Waals surface area contributed by atoms with E-state index in [9.17, 15) is 9.59 Å². The maximum atomic E-state index is 12.4. The van der Waals surface area contributed by atoms with E-state index < -0.39 is 12.1 Å². The van der Waals surface area contributed by atoms with Crippen molar-refractivity contribution in [2.75, 3.05) is 6.26 Å². The highest BCUT2D eigenvalue weighted by Gasteiger charge is 2.24. The molecule has 2 heterocycles. The van der Waals surface area contributed by atoms with Crippen LogP contribution >= 0.6 is 11.8 Å². The van der Waals surface area contributed by atoms with Gasteiger partial charge >= 0.3 is 5.97 Å². The first-order valence-corrected chi connectivity index (χ1v) is 10.4. The van der Waals surface area contributed by atoms with Crippen molar-refractivity contribution in [2.24, 2.45) is 0 Å². The first kappa shape index (κ1) is 19.6. The Morgan fingerprint density at radius 2 is 2.00 bits per heavy atom. The third kappa shape index (κ3) is 4.40. The summed E-state index contributed by atoms with van der Waals surface area (Å²) in [5, 5.41) is 7.95. The Morgan fingerprint density at radius 1 is 1.30 bits per heavy atom. The standard InChI is InChI=1S/C18H25N5O3S/c1-10-14(11(2)23-17(19-10)21-18(22-23)27-4)9-15(24)26-12(3)16(25)20-13-7-5-6-8-13/h12-13H,5-9H2,1-4H3,(H,20,25)/t12-/m1/s1. The van der Waals surface area contributed by atoms with Gasteiger partial charge in [-0.15, -0.1) is 5.10 Å². The zero-order valence-corrected chi connectivity index (χ0v) is 16.9. The van der Waals surface area contributed by atoms with Crippen LogP contribution in [0.4, 0.5) is 0 Å². The number of hydrogen-bond donors (Lipinski definition) is 1. The summed E-state index contributed by atoms with van der Waals surface area (Å²) >= 11 is 1.43. The van der Waals surface area contributed by atoms with Crippen molar-refractivity contribution in [3.05, 3.63) is 17.0 Å². The van der Waals surface area contributed by atoms with Gasteiger partial charge in [0, 0.05) is 23.0 Å². The highest BCUT2D eigenvalue weighted by Crippen LogP contribution is 2.19. The lowest BCUT2D eigenvalue weighted by molar-refractivity contribution is -0.154. The van der Waals surface area contributed by atoms with E-state index in [-0.39, 0.29) is 18.4 Å². The third-order valence-electron chi connectivity index (χ3n) is 4.91. The number of aryl methyl sites for hydroxylation is 2. The van der Waals surface area contributed by atoms with Gasteiger partial charge in [0.1, 0.15) is 0 Å². The predicted molar refractivity (Wildman–Crippen MR) is 102 cm³/mol. The Bertz CT molecular complexity index is 860. The molecular formula is C18H25N5O3S. The number of fused-ring (bicyclic) bond motifs is 1. The van der Waals surface area contributed by atoms with Crippen LogP contribution in [0.15, 0.2) is 5.16 Å². The van der Waals surface area contributed by atoms with Crippen molar-refractivity contribution < 1.29 is 14.3 Å². The van der Waals surface area contributed by atoms with E-state index in [1.807, 2.05) is 20.1 Å². The second kappa shape index (κ2) is 8.24. The van der Waals surface area contributed by atoms with Crippen molar-refractivity contribution in [3.63, 3.8) is 0 Å². The molecule has 1 saturated carbocycles. The van der Waals surface area contributed by atoms with Crippen LogP contribution < -0.4 is 5.32 Å². The van der Waals surface area contributed by atoms with Crippen molar-refractivity contribution in [3.8, 4) is 0 Å². The lowest BCUT2D eigenvalue weighted by Gasteiger charge is -2.17. The highest BCUT2D eigenvalue weighted by atomic mass is 32.2. The predicted octanol–water partition coefficient (Wildman–Crippen LogP) is 2.00. The molecule has 1 aliphatic rings. The highest BCUT2D eigenvalue weighted by molar-refractivity contribution is 7.98. The van der Waals surface area contributed by atoms with E-state index in [2.05, 4.69) is 20.4 Å². The average Bonchev–Trinajstić information content (AvgIpc) is 3.27. The maximum absolute atomic E-state index is 12.4. The van der Waals surface area contributed by atoms with Gasteiger partial charge in [-0.2, -0.15) is 4.98 Å². The normalized spacial score (nSPS) is 15.9. The number of carbonyl (C=O) groups is 2. The van der Waals surface area contributed by atoms with Crippen LogP contribution in [0.1, 0.15) is 49.6 Å². The summed E-state index contributed by atoms with van der Waals surface area (Å²) in [4.78, 5) is 33.4. The fourth-order valence-corrected chi connectivity index (χ4v) is 3.69. The van der Waals surface area contributed by atoms with Gasteiger partial charge in [-0.3, -0.25) is 9.59 Å².